The van der Waals surface area contributed by atoms with Gasteiger partial charge in [-0.3, -0.25) is 14.1 Å². The van der Waals surface area contributed by atoms with Gasteiger partial charge in [0.15, 0.2) is 0 Å². The van der Waals surface area contributed by atoms with E-state index in [0.717, 1.165) is 0 Å². The van der Waals surface area contributed by atoms with Crippen molar-refractivity contribution >= 4 is 38.9 Å². The molecule has 132 valence electrons. The van der Waals surface area contributed by atoms with Gasteiger partial charge in [0.25, 0.3) is 10.0 Å². The molecule has 0 spiro atoms. The monoisotopic (exact) mass is 399 g/mol. The molecular weight excluding hydrogens is 385 g/mol. The Morgan fingerprint density at radius 3 is 2.48 bits per heavy atom. The maximum absolute atomic E-state index is 12.5. The highest BCUT2D eigenvalue weighted by Gasteiger charge is 2.20. The molecule has 0 aliphatic heterocycles. The molecule has 0 saturated carbocycles. The maximum Gasteiger partial charge on any atom is 0.265 e. The molecule has 1 N–H and O–H groups in total. The number of sulfonamides is 1. The minimum Gasteiger partial charge on any atom is -0.276 e. The second-order valence-electron chi connectivity index (χ2n) is 5.48. The van der Waals surface area contributed by atoms with Gasteiger partial charge in [0.2, 0.25) is 0 Å². The van der Waals surface area contributed by atoms with Gasteiger partial charge >= 0.3 is 0 Å². The third-order valence-electron chi connectivity index (χ3n) is 3.53. The quantitative estimate of drug-likeness (QED) is 0.714. The standard InChI is InChI=1S/C15H15Cl2N5O2S/c1-10-15(9-21(2)19-10)25(23,24)20-11-6-18-22(7-11)8-12-13(16)4-3-5-14(12)17/h3-7,9,20H,8H2,1-2H3. The summed E-state index contributed by atoms with van der Waals surface area (Å²) in [5, 5.41) is 9.25. The summed E-state index contributed by atoms with van der Waals surface area (Å²) in [5.74, 6) is 0. The van der Waals surface area contributed by atoms with Crippen molar-refractivity contribution < 1.29 is 8.42 Å². The van der Waals surface area contributed by atoms with Crippen molar-refractivity contribution in [1.29, 1.82) is 0 Å². The van der Waals surface area contributed by atoms with Crippen LogP contribution in [0.25, 0.3) is 0 Å². The van der Waals surface area contributed by atoms with Crippen LogP contribution in [0.5, 0.6) is 0 Å². The van der Waals surface area contributed by atoms with Gasteiger partial charge in [0.05, 0.1) is 24.1 Å². The molecule has 3 aromatic rings. The molecule has 3 rings (SSSR count). The summed E-state index contributed by atoms with van der Waals surface area (Å²) in [7, 11) is -2.07. The lowest BCUT2D eigenvalue weighted by atomic mass is 10.2. The number of nitrogens with zero attached hydrogens (tertiary/aromatic N) is 4. The average molecular weight is 400 g/mol. The topological polar surface area (TPSA) is 81.8 Å². The van der Waals surface area contributed by atoms with Gasteiger partial charge in [-0.2, -0.15) is 10.2 Å². The van der Waals surface area contributed by atoms with E-state index in [0.29, 0.717) is 33.5 Å². The van der Waals surface area contributed by atoms with Gasteiger partial charge < -0.3 is 0 Å². The molecule has 0 amide bonds. The Bertz CT molecular complexity index is 1010. The highest BCUT2D eigenvalue weighted by molar-refractivity contribution is 7.92. The van der Waals surface area contributed by atoms with Crippen LogP contribution < -0.4 is 4.72 Å². The molecule has 0 unspecified atom stereocenters. The van der Waals surface area contributed by atoms with Gasteiger partial charge in [0, 0.05) is 35.1 Å². The van der Waals surface area contributed by atoms with Crippen LogP contribution in [-0.2, 0) is 23.6 Å². The predicted molar refractivity (Wildman–Crippen MR) is 96.5 cm³/mol. The van der Waals surface area contributed by atoms with E-state index in [4.69, 9.17) is 23.2 Å². The third kappa shape index (κ3) is 3.81. The number of rotatable bonds is 5. The van der Waals surface area contributed by atoms with Crippen LogP contribution in [0.15, 0.2) is 41.7 Å². The summed E-state index contributed by atoms with van der Waals surface area (Å²) in [6.07, 6.45) is 4.45. The summed E-state index contributed by atoms with van der Waals surface area (Å²) >= 11 is 12.3. The van der Waals surface area contributed by atoms with E-state index in [2.05, 4.69) is 14.9 Å². The fraction of sp³-hybridized carbons (Fsp3) is 0.200. The maximum atomic E-state index is 12.5. The van der Waals surface area contributed by atoms with Crippen LogP contribution >= 0.6 is 23.2 Å². The van der Waals surface area contributed by atoms with Crippen LogP contribution in [0.1, 0.15) is 11.3 Å². The number of anilines is 1. The van der Waals surface area contributed by atoms with Gasteiger partial charge in [-0.15, -0.1) is 0 Å². The minimum absolute atomic E-state index is 0.122. The van der Waals surface area contributed by atoms with Crippen molar-refractivity contribution in [3.63, 3.8) is 0 Å². The van der Waals surface area contributed by atoms with E-state index >= 15 is 0 Å². The first-order chi connectivity index (χ1) is 11.8. The summed E-state index contributed by atoms with van der Waals surface area (Å²) in [6.45, 7) is 1.96. The van der Waals surface area contributed by atoms with E-state index in [1.807, 2.05) is 0 Å². The van der Waals surface area contributed by atoms with Crippen LogP contribution in [0.4, 0.5) is 5.69 Å². The van der Waals surface area contributed by atoms with Crippen molar-refractivity contribution in [1.82, 2.24) is 19.6 Å². The Morgan fingerprint density at radius 1 is 1.20 bits per heavy atom. The Hall–Kier alpha value is -2.03. The number of hydrogen-bond acceptors (Lipinski definition) is 4. The molecule has 2 heterocycles. The fourth-order valence-electron chi connectivity index (χ4n) is 2.40. The SMILES string of the molecule is Cc1nn(C)cc1S(=O)(=O)Nc1cnn(Cc2c(Cl)cccc2Cl)c1. The van der Waals surface area contributed by atoms with E-state index in [9.17, 15) is 8.42 Å². The molecular formula is C15H15Cl2N5O2S. The summed E-state index contributed by atoms with van der Waals surface area (Å²) < 4.78 is 30.4. The fourth-order valence-corrected chi connectivity index (χ4v) is 4.16. The van der Waals surface area contributed by atoms with Crippen molar-refractivity contribution in [2.24, 2.45) is 7.05 Å². The smallest absolute Gasteiger partial charge is 0.265 e. The molecule has 25 heavy (non-hydrogen) atoms. The molecule has 7 nitrogen and oxygen atoms in total. The lowest BCUT2D eigenvalue weighted by Crippen LogP contribution is -2.13. The Morgan fingerprint density at radius 2 is 1.88 bits per heavy atom. The van der Waals surface area contributed by atoms with Gasteiger partial charge in [-0.25, -0.2) is 8.42 Å². The number of nitrogens with one attached hydrogen (secondary N) is 1. The molecule has 0 fully saturated rings. The summed E-state index contributed by atoms with van der Waals surface area (Å²) in [5.41, 5.74) is 1.48. The molecule has 0 atom stereocenters. The first kappa shape index (κ1) is 17.8. The van der Waals surface area contributed by atoms with Crippen molar-refractivity contribution in [3.8, 4) is 0 Å². The van der Waals surface area contributed by atoms with Crippen LogP contribution in [0.3, 0.4) is 0 Å². The van der Waals surface area contributed by atoms with Gasteiger partial charge in [-0.1, -0.05) is 29.3 Å². The second-order valence-corrected chi connectivity index (χ2v) is 7.95. The van der Waals surface area contributed by atoms with Crippen molar-refractivity contribution in [2.45, 2.75) is 18.4 Å². The van der Waals surface area contributed by atoms with E-state index in [-0.39, 0.29) is 4.90 Å². The normalized spacial score (nSPS) is 11.7. The second kappa shape index (κ2) is 6.70. The first-order valence-electron chi connectivity index (χ1n) is 7.24. The zero-order valence-corrected chi connectivity index (χ0v) is 15.8. The Balaban J connectivity index is 1.81. The number of halogens is 2. The summed E-state index contributed by atoms with van der Waals surface area (Å²) in [4.78, 5) is 0.122. The number of aryl methyl sites for hydroxylation is 2. The molecule has 0 radical (unpaired) electrons. The molecule has 0 saturated heterocycles. The number of aromatic nitrogens is 4. The first-order valence-corrected chi connectivity index (χ1v) is 9.48. The lowest BCUT2D eigenvalue weighted by Gasteiger charge is -2.07. The molecule has 2 aromatic heterocycles. The molecule has 0 aliphatic carbocycles. The largest absolute Gasteiger partial charge is 0.276 e. The highest BCUT2D eigenvalue weighted by Crippen LogP contribution is 2.25. The lowest BCUT2D eigenvalue weighted by molar-refractivity contribution is 0.600. The van der Waals surface area contributed by atoms with Crippen LogP contribution in [-0.4, -0.2) is 28.0 Å². The van der Waals surface area contributed by atoms with E-state index in [1.165, 1.54) is 17.1 Å². The number of benzene rings is 1. The van der Waals surface area contributed by atoms with Crippen molar-refractivity contribution in [2.75, 3.05) is 4.72 Å². The molecule has 10 heteroatoms. The molecule has 1 aromatic carbocycles. The zero-order valence-electron chi connectivity index (χ0n) is 13.4. The molecule has 0 aliphatic rings. The van der Waals surface area contributed by atoms with Crippen molar-refractivity contribution in [3.05, 3.63) is 58.1 Å². The number of hydrogen-bond donors (Lipinski definition) is 1. The predicted octanol–water partition coefficient (Wildman–Crippen LogP) is 3.08. The highest BCUT2D eigenvalue weighted by atomic mass is 35.5. The minimum atomic E-state index is -3.74. The average Bonchev–Trinajstić information content (AvgIpc) is 3.09. The van der Waals surface area contributed by atoms with E-state index in [1.54, 1.807) is 43.0 Å². The Kier molecular flexibility index (Phi) is 4.77. The van der Waals surface area contributed by atoms with Crippen LogP contribution in [0.2, 0.25) is 10.0 Å². The molecule has 0 bridgehead atoms. The summed E-state index contributed by atoms with van der Waals surface area (Å²) in [6, 6.07) is 5.23. The van der Waals surface area contributed by atoms with E-state index < -0.39 is 10.0 Å². The van der Waals surface area contributed by atoms with Gasteiger partial charge in [0.1, 0.15) is 4.90 Å². The Labute approximate surface area is 155 Å². The third-order valence-corrected chi connectivity index (χ3v) is 5.72. The van der Waals surface area contributed by atoms with Gasteiger partial charge in [-0.05, 0) is 19.1 Å². The zero-order chi connectivity index (χ0) is 18.2. The van der Waals surface area contributed by atoms with Crippen LogP contribution in [0, 0.1) is 6.92 Å².